The fourth-order valence-corrected chi connectivity index (χ4v) is 0.952. The number of ether oxygens (including phenoxy) is 1. The van der Waals surface area contributed by atoms with Gasteiger partial charge in [0, 0.05) is 5.69 Å². The van der Waals surface area contributed by atoms with Crippen molar-refractivity contribution in [3.63, 3.8) is 0 Å². The fraction of sp³-hybridized carbons (Fsp3) is 0.222. The minimum atomic E-state index is -0.469. The van der Waals surface area contributed by atoms with E-state index in [-0.39, 0.29) is 6.61 Å². The largest absolute Gasteiger partial charge is 0.399 e. The summed E-state index contributed by atoms with van der Waals surface area (Å²) in [7, 11) is 0. The molecule has 1 aromatic rings. The van der Waals surface area contributed by atoms with Gasteiger partial charge in [-0.05, 0) is 17.7 Å². The van der Waals surface area contributed by atoms with E-state index < -0.39 is 5.91 Å². The van der Waals surface area contributed by atoms with E-state index in [9.17, 15) is 4.79 Å². The Morgan fingerprint density at radius 3 is 2.85 bits per heavy atom. The van der Waals surface area contributed by atoms with E-state index >= 15 is 0 Å². The van der Waals surface area contributed by atoms with Crippen LogP contribution < -0.4 is 11.5 Å². The number of nitrogens with two attached hydrogens (primary N) is 2. The summed E-state index contributed by atoms with van der Waals surface area (Å²) in [6.07, 6.45) is 0. The van der Waals surface area contributed by atoms with Crippen LogP contribution in [-0.4, -0.2) is 12.5 Å². The number of benzene rings is 1. The maximum atomic E-state index is 10.3. The van der Waals surface area contributed by atoms with Crippen LogP contribution in [0.3, 0.4) is 0 Å². The fourth-order valence-electron chi connectivity index (χ4n) is 0.952. The predicted molar refractivity (Wildman–Crippen MR) is 49.7 cm³/mol. The smallest absolute Gasteiger partial charge is 0.243 e. The first-order chi connectivity index (χ1) is 6.18. The Kier molecular flexibility index (Phi) is 3.28. The van der Waals surface area contributed by atoms with Crippen LogP contribution in [-0.2, 0) is 16.1 Å². The second kappa shape index (κ2) is 4.47. The Hall–Kier alpha value is -1.55. The van der Waals surface area contributed by atoms with Gasteiger partial charge in [-0.2, -0.15) is 0 Å². The molecule has 4 heteroatoms. The van der Waals surface area contributed by atoms with Crippen molar-refractivity contribution in [3.05, 3.63) is 29.8 Å². The minimum Gasteiger partial charge on any atom is -0.399 e. The summed E-state index contributed by atoms with van der Waals surface area (Å²) in [6, 6.07) is 7.29. The van der Waals surface area contributed by atoms with Crippen LogP contribution >= 0.6 is 0 Å². The van der Waals surface area contributed by atoms with Crippen LogP contribution in [0.5, 0.6) is 0 Å². The molecule has 0 heterocycles. The van der Waals surface area contributed by atoms with Crippen molar-refractivity contribution < 1.29 is 9.53 Å². The van der Waals surface area contributed by atoms with Gasteiger partial charge in [-0.15, -0.1) is 0 Å². The van der Waals surface area contributed by atoms with Gasteiger partial charge in [0.05, 0.1) is 6.61 Å². The quantitative estimate of drug-likeness (QED) is 0.653. The van der Waals surface area contributed by atoms with Gasteiger partial charge >= 0.3 is 0 Å². The normalized spacial score (nSPS) is 9.85. The molecule has 0 fully saturated rings. The lowest BCUT2D eigenvalue weighted by molar-refractivity contribution is -0.122. The number of hydrogen-bond donors (Lipinski definition) is 2. The van der Waals surface area contributed by atoms with Gasteiger partial charge < -0.3 is 16.2 Å². The standard InChI is InChI=1S/C9H12N2O2/c10-8-3-1-2-7(4-8)5-13-6-9(11)12/h1-4H,5-6,10H2,(H2,11,12). The highest BCUT2D eigenvalue weighted by molar-refractivity contribution is 5.74. The Bertz CT molecular complexity index is 299. The minimum absolute atomic E-state index is 0.0607. The summed E-state index contributed by atoms with van der Waals surface area (Å²) in [5.74, 6) is -0.469. The van der Waals surface area contributed by atoms with E-state index in [1.54, 1.807) is 12.1 Å². The summed E-state index contributed by atoms with van der Waals surface area (Å²) >= 11 is 0. The molecule has 0 radical (unpaired) electrons. The monoisotopic (exact) mass is 180 g/mol. The number of nitrogen functional groups attached to an aromatic ring is 1. The number of carbonyl (C=O) groups excluding carboxylic acids is 1. The lowest BCUT2D eigenvalue weighted by atomic mass is 10.2. The maximum Gasteiger partial charge on any atom is 0.243 e. The van der Waals surface area contributed by atoms with Crippen molar-refractivity contribution in [2.24, 2.45) is 5.73 Å². The zero-order valence-electron chi connectivity index (χ0n) is 7.19. The molecule has 0 aliphatic heterocycles. The summed E-state index contributed by atoms with van der Waals surface area (Å²) in [5.41, 5.74) is 12.1. The van der Waals surface area contributed by atoms with Crippen LogP contribution in [0.15, 0.2) is 24.3 Å². The Labute approximate surface area is 76.5 Å². The number of primary amides is 1. The predicted octanol–water partition coefficient (Wildman–Crippen LogP) is 0.271. The van der Waals surface area contributed by atoms with Crippen molar-refractivity contribution in [1.82, 2.24) is 0 Å². The molecule has 0 aromatic heterocycles. The lowest BCUT2D eigenvalue weighted by Crippen LogP contribution is -2.17. The molecule has 4 nitrogen and oxygen atoms in total. The number of rotatable bonds is 4. The van der Waals surface area contributed by atoms with E-state index in [0.29, 0.717) is 12.3 Å². The third-order valence-electron chi connectivity index (χ3n) is 1.46. The molecular weight excluding hydrogens is 168 g/mol. The second-order valence-electron chi connectivity index (χ2n) is 2.70. The van der Waals surface area contributed by atoms with E-state index in [4.69, 9.17) is 16.2 Å². The molecule has 0 bridgehead atoms. The highest BCUT2D eigenvalue weighted by Gasteiger charge is 1.96. The van der Waals surface area contributed by atoms with Crippen molar-refractivity contribution >= 4 is 11.6 Å². The molecule has 0 aliphatic carbocycles. The Balaban J connectivity index is 2.41. The molecule has 0 aliphatic rings. The summed E-state index contributed by atoms with van der Waals surface area (Å²) in [6.45, 7) is 0.294. The first kappa shape index (κ1) is 9.54. The molecular formula is C9H12N2O2. The zero-order valence-corrected chi connectivity index (χ0v) is 7.19. The topological polar surface area (TPSA) is 78.3 Å². The number of carbonyl (C=O) groups is 1. The molecule has 13 heavy (non-hydrogen) atoms. The SMILES string of the molecule is NC(=O)COCc1cccc(N)c1. The van der Waals surface area contributed by atoms with Crippen LogP contribution in [0.1, 0.15) is 5.56 Å². The molecule has 70 valence electrons. The molecule has 1 amide bonds. The van der Waals surface area contributed by atoms with E-state index in [1.165, 1.54) is 0 Å². The third-order valence-corrected chi connectivity index (χ3v) is 1.46. The van der Waals surface area contributed by atoms with Gasteiger partial charge in [0.15, 0.2) is 0 Å². The van der Waals surface area contributed by atoms with E-state index in [0.717, 1.165) is 5.56 Å². The van der Waals surface area contributed by atoms with Gasteiger partial charge in [-0.3, -0.25) is 4.79 Å². The number of amides is 1. The number of hydrogen-bond acceptors (Lipinski definition) is 3. The van der Waals surface area contributed by atoms with Crippen LogP contribution in [0.4, 0.5) is 5.69 Å². The molecule has 0 unspecified atom stereocenters. The first-order valence-corrected chi connectivity index (χ1v) is 3.89. The first-order valence-electron chi connectivity index (χ1n) is 3.89. The van der Waals surface area contributed by atoms with Gasteiger partial charge in [-0.25, -0.2) is 0 Å². The summed E-state index contributed by atoms with van der Waals surface area (Å²) < 4.78 is 5.01. The van der Waals surface area contributed by atoms with Crippen molar-refractivity contribution in [3.8, 4) is 0 Å². The van der Waals surface area contributed by atoms with Crippen LogP contribution in [0.2, 0.25) is 0 Å². The average Bonchev–Trinajstić information content (AvgIpc) is 2.03. The highest BCUT2D eigenvalue weighted by atomic mass is 16.5. The molecule has 0 saturated carbocycles. The van der Waals surface area contributed by atoms with E-state index in [2.05, 4.69) is 0 Å². The molecule has 0 spiro atoms. The van der Waals surface area contributed by atoms with E-state index in [1.807, 2.05) is 12.1 Å². The van der Waals surface area contributed by atoms with Gasteiger partial charge in [-0.1, -0.05) is 12.1 Å². The lowest BCUT2D eigenvalue weighted by Gasteiger charge is -2.02. The van der Waals surface area contributed by atoms with Gasteiger partial charge in [0.25, 0.3) is 0 Å². The molecule has 1 rings (SSSR count). The maximum absolute atomic E-state index is 10.3. The molecule has 0 saturated heterocycles. The highest BCUT2D eigenvalue weighted by Crippen LogP contribution is 2.07. The molecule has 0 atom stereocenters. The Morgan fingerprint density at radius 1 is 1.46 bits per heavy atom. The number of anilines is 1. The van der Waals surface area contributed by atoms with Gasteiger partial charge in [0.1, 0.15) is 6.61 Å². The average molecular weight is 180 g/mol. The van der Waals surface area contributed by atoms with Crippen molar-refractivity contribution in [2.75, 3.05) is 12.3 Å². The molecule has 1 aromatic carbocycles. The van der Waals surface area contributed by atoms with Crippen LogP contribution in [0, 0.1) is 0 Å². The summed E-state index contributed by atoms with van der Waals surface area (Å²) in [4.78, 5) is 10.3. The Morgan fingerprint density at radius 2 is 2.23 bits per heavy atom. The zero-order chi connectivity index (χ0) is 9.68. The summed E-state index contributed by atoms with van der Waals surface area (Å²) in [5, 5.41) is 0. The van der Waals surface area contributed by atoms with Crippen molar-refractivity contribution in [1.29, 1.82) is 0 Å². The van der Waals surface area contributed by atoms with Crippen molar-refractivity contribution in [2.45, 2.75) is 6.61 Å². The second-order valence-corrected chi connectivity index (χ2v) is 2.70. The molecule has 4 N–H and O–H groups in total. The van der Waals surface area contributed by atoms with Gasteiger partial charge in [0.2, 0.25) is 5.91 Å². The van der Waals surface area contributed by atoms with Crippen LogP contribution in [0.25, 0.3) is 0 Å². The third kappa shape index (κ3) is 3.57.